The van der Waals surface area contributed by atoms with Gasteiger partial charge in [-0.05, 0) is 47.5 Å². The number of fused-ring (bicyclic) bond motifs is 3. The van der Waals surface area contributed by atoms with E-state index in [0.717, 1.165) is 11.3 Å². The first-order valence-corrected chi connectivity index (χ1v) is 12.0. The fourth-order valence-electron chi connectivity index (χ4n) is 3.54. The van der Waals surface area contributed by atoms with Gasteiger partial charge in [0.2, 0.25) is 0 Å². The zero-order chi connectivity index (χ0) is 21.6. The number of carboxylic acid groups (broad SMARTS) is 1. The molecule has 1 atom stereocenters. The number of aliphatic carboxylic acids is 1. The molecule has 8 heteroatoms. The van der Waals surface area contributed by atoms with Crippen LogP contribution in [0.5, 0.6) is 5.75 Å². The van der Waals surface area contributed by atoms with Crippen molar-refractivity contribution in [3.8, 4) is 5.75 Å². The van der Waals surface area contributed by atoms with E-state index in [-0.39, 0.29) is 19.1 Å². The van der Waals surface area contributed by atoms with Crippen LogP contribution in [0, 0.1) is 0 Å². The Morgan fingerprint density at radius 1 is 1.06 bits per heavy atom. The molecule has 3 heterocycles. The lowest BCUT2D eigenvalue weighted by molar-refractivity contribution is -0.138. The molecule has 1 aromatic carbocycles. The standard InChI is InChI=1S/C23H25NO5S2/c1-2-28-18(14-27-10-7-21(25)26)13-16-3-5-17(6-4-16)29-15-24-22-19(8-11-30-22)20-9-12-31-23(20)24/h3-6,8-9,11-12,18H,2,7,10,13-15H2,1H3,(H,25,26). The highest BCUT2D eigenvalue weighted by molar-refractivity contribution is 7.19. The van der Waals surface area contributed by atoms with E-state index in [9.17, 15) is 4.79 Å². The van der Waals surface area contributed by atoms with Crippen LogP contribution >= 0.6 is 22.7 Å². The minimum atomic E-state index is -0.858. The third kappa shape index (κ3) is 5.27. The van der Waals surface area contributed by atoms with Gasteiger partial charge in [-0.15, -0.1) is 22.7 Å². The van der Waals surface area contributed by atoms with Gasteiger partial charge >= 0.3 is 5.97 Å². The fraction of sp³-hybridized carbons (Fsp3) is 0.348. The number of carbonyl (C=O) groups is 1. The van der Waals surface area contributed by atoms with E-state index in [2.05, 4.69) is 27.5 Å². The summed E-state index contributed by atoms with van der Waals surface area (Å²) in [4.78, 5) is 13.1. The number of hydrogen-bond acceptors (Lipinski definition) is 6. The van der Waals surface area contributed by atoms with Gasteiger partial charge in [-0.3, -0.25) is 9.36 Å². The first kappa shape index (κ1) is 21.8. The molecular formula is C23H25NO5S2. The van der Waals surface area contributed by atoms with Gasteiger partial charge in [0.1, 0.15) is 15.4 Å². The lowest BCUT2D eigenvalue weighted by Gasteiger charge is -2.17. The molecule has 0 saturated carbocycles. The van der Waals surface area contributed by atoms with Crippen LogP contribution in [0.15, 0.2) is 47.2 Å². The molecule has 0 fully saturated rings. The normalized spacial score (nSPS) is 12.5. The van der Waals surface area contributed by atoms with E-state index in [4.69, 9.17) is 19.3 Å². The van der Waals surface area contributed by atoms with Crippen LogP contribution in [0.2, 0.25) is 0 Å². The Balaban J connectivity index is 1.34. The molecule has 0 bridgehead atoms. The second-order valence-corrected chi connectivity index (χ2v) is 8.91. The van der Waals surface area contributed by atoms with E-state index in [1.165, 1.54) is 20.4 Å². The molecule has 6 nitrogen and oxygen atoms in total. The summed E-state index contributed by atoms with van der Waals surface area (Å²) in [6.45, 7) is 3.57. The van der Waals surface area contributed by atoms with Crippen LogP contribution in [0.25, 0.3) is 20.4 Å². The van der Waals surface area contributed by atoms with Gasteiger partial charge in [-0.25, -0.2) is 0 Å². The third-order valence-corrected chi connectivity index (χ3v) is 6.85. The van der Waals surface area contributed by atoms with Gasteiger partial charge in [0.05, 0.1) is 25.7 Å². The largest absolute Gasteiger partial charge is 0.481 e. The topological polar surface area (TPSA) is 69.9 Å². The molecule has 0 spiro atoms. The van der Waals surface area contributed by atoms with E-state index in [1.807, 2.05) is 31.2 Å². The molecular weight excluding hydrogens is 434 g/mol. The molecule has 0 aliphatic carbocycles. The molecule has 0 saturated heterocycles. The van der Waals surface area contributed by atoms with Crippen LogP contribution in [-0.2, 0) is 27.4 Å². The molecule has 1 unspecified atom stereocenters. The Hall–Kier alpha value is -2.39. The van der Waals surface area contributed by atoms with E-state index in [0.29, 0.717) is 26.4 Å². The van der Waals surface area contributed by atoms with E-state index in [1.54, 1.807) is 22.7 Å². The summed E-state index contributed by atoms with van der Waals surface area (Å²) >= 11 is 3.47. The van der Waals surface area contributed by atoms with Gasteiger partial charge in [0, 0.05) is 23.8 Å². The summed E-state index contributed by atoms with van der Waals surface area (Å²) in [5.41, 5.74) is 1.12. The van der Waals surface area contributed by atoms with Crippen molar-refractivity contribution in [3.63, 3.8) is 0 Å². The number of ether oxygens (including phenoxy) is 3. The molecule has 0 amide bonds. The van der Waals surface area contributed by atoms with Crippen molar-refractivity contribution in [2.45, 2.75) is 32.6 Å². The molecule has 1 N–H and O–H groups in total. The Morgan fingerprint density at radius 2 is 1.74 bits per heavy atom. The molecule has 0 aliphatic heterocycles. The van der Waals surface area contributed by atoms with Gasteiger partial charge < -0.3 is 19.3 Å². The summed E-state index contributed by atoms with van der Waals surface area (Å²) in [7, 11) is 0. The van der Waals surface area contributed by atoms with Crippen LogP contribution in [-0.4, -0.2) is 41.6 Å². The molecule has 0 radical (unpaired) electrons. The molecule has 3 aromatic heterocycles. The zero-order valence-electron chi connectivity index (χ0n) is 17.3. The van der Waals surface area contributed by atoms with Gasteiger partial charge in [0.15, 0.2) is 6.73 Å². The number of aromatic nitrogens is 1. The van der Waals surface area contributed by atoms with Crippen molar-refractivity contribution in [2.24, 2.45) is 0 Å². The van der Waals surface area contributed by atoms with Crippen molar-refractivity contribution in [1.29, 1.82) is 0 Å². The Morgan fingerprint density at radius 3 is 2.35 bits per heavy atom. The predicted octanol–water partition coefficient (Wildman–Crippen LogP) is 5.39. The number of thiophene rings is 2. The minimum Gasteiger partial charge on any atom is -0.481 e. The van der Waals surface area contributed by atoms with Crippen molar-refractivity contribution < 1.29 is 24.1 Å². The van der Waals surface area contributed by atoms with Gasteiger partial charge in [-0.1, -0.05) is 12.1 Å². The number of carboxylic acids is 1. The quantitative estimate of drug-likeness (QED) is 0.288. The predicted molar refractivity (Wildman–Crippen MR) is 124 cm³/mol. The van der Waals surface area contributed by atoms with Crippen LogP contribution in [0.3, 0.4) is 0 Å². The highest BCUT2D eigenvalue weighted by Gasteiger charge is 2.14. The minimum absolute atomic E-state index is 0.00181. The molecule has 164 valence electrons. The smallest absolute Gasteiger partial charge is 0.305 e. The number of rotatable bonds is 12. The highest BCUT2D eigenvalue weighted by Crippen LogP contribution is 2.35. The highest BCUT2D eigenvalue weighted by atomic mass is 32.1. The third-order valence-electron chi connectivity index (χ3n) is 4.98. The zero-order valence-corrected chi connectivity index (χ0v) is 18.9. The maximum Gasteiger partial charge on any atom is 0.305 e. The van der Waals surface area contributed by atoms with Crippen LogP contribution in [0.4, 0.5) is 0 Å². The van der Waals surface area contributed by atoms with E-state index < -0.39 is 5.97 Å². The first-order valence-electron chi connectivity index (χ1n) is 10.2. The van der Waals surface area contributed by atoms with Gasteiger partial charge in [0.25, 0.3) is 0 Å². The molecule has 31 heavy (non-hydrogen) atoms. The first-order chi connectivity index (χ1) is 15.2. The van der Waals surface area contributed by atoms with Crippen LogP contribution in [0.1, 0.15) is 18.9 Å². The fourth-order valence-corrected chi connectivity index (χ4v) is 5.42. The maximum absolute atomic E-state index is 10.6. The molecule has 4 aromatic rings. The van der Waals surface area contributed by atoms with Crippen molar-refractivity contribution in [2.75, 3.05) is 19.8 Å². The number of benzene rings is 1. The lowest BCUT2D eigenvalue weighted by Crippen LogP contribution is -2.23. The SMILES string of the molecule is CCOC(COCCC(=O)O)Cc1ccc(OCn2c3sccc3c3ccsc32)cc1. The summed E-state index contributed by atoms with van der Waals surface area (Å²) in [6, 6.07) is 12.4. The lowest BCUT2D eigenvalue weighted by atomic mass is 10.1. The average molecular weight is 460 g/mol. The average Bonchev–Trinajstić information content (AvgIpc) is 3.46. The number of hydrogen-bond donors (Lipinski definition) is 1. The summed E-state index contributed by atoms with van der Waals surface area (Å²) in [5, 5.41) is 15.5. The van der Waals surface area contributed by atoms with Crippen molar-refractivity contribution in [1.82, 2.24) is 4.57 Å². The Kier molecular flexibility index (Phi) is 7.24. The Labute approximate surface area is 188 Å². The second kappa shape index (κ2) is 10.3. The molecule has 0 aliphatic rings. The van der Waals surface area contributed by atoms with Crippen molar-refractivity contribution >= 4 is 49.1 Å². The van der Waals surface area contributed by atoms with E-state index >= 15 is 0 Å². The summed E-state index contributed by atoms with van der Waals surface area (Å²) < 4.78 is 19.5. The Bertz CT molecular complexity index is 1080. The second-order valence-electron chi connectivity index (χ2n) is 7.12. The summed E-state index contributed by atoms with van der Waals surface area (Å²) in [6.07, 6.45) is 0.594. The monoisotopic (exact) mass is 459 g/mol. The summed E-state index contributed by atoms with van der Waals surface area (Å²) in [5.74, 6) is -0.0411. The van der Waals surface area contributed by atoms with Crippen molar-refractivity contribution in [3.05, 3.63) is 52.7 Å². The maximum atomic E-state index is 10.6. The molecule has 4 rings (SSSR count). The number of nitrogens with zero attached hydrogens (tertiary/aromatic N) is 1. The van der Waals surface area contributed by atoms with Crippen LogP contribution < -0.4 is 4.74 Å². The van der Waals surface area contributed by atoms with Gasteiger partial charge in [-0.2, -0.15) is 0 Å².